The number of nitrogens with two attached hydrogens (primary N) is 1. The van der Waals surface area contributed by atoms with Gasteiger partial charge in [-0.3, -0.25) is 0 Å². The van der Waals surface area contributed by atoms with E-state index in [4.69, 9.17) is 5.73 Å². The summed E-state index contributed by atoms with van der Waals surface area (Å²) in [6, 6.07) is 2.05. The van der Waals surface area contributed by atoms with Gasteiger partial charge in [-0.2, -0.15) is 0 Å². The maximum Gasteiger partial charge on any atom is 0.133 e. The molecule has 0 aromatic carbocycles. The molecule has 4 nitrogen and oxygen atoms in total. The smallest absolute Gasteiger partial charge is 0.133 e. The zero-order valence-electron chi connectivity index (χ0n) is 12.1. The summed E-state index contributed by atoms with van der Waals surface area (Å²) in [5.41, 5.74) is 6.72. The van der Waals surface area contributed by atoms with E-state index in [1.165, 1.54) is 12.8 Å². The van der Waals surface area contributed by atoms with Gasteiger partial charge < -0.3 is 10.6 Å². The second-order valence-corrected chi connectivity index (χ2v) is 5.01. The molecule has 0 atom stereocenters. The third-order valence-electron chi connectivity index (χ3n) is 2.88. The highest BCUT2D eigenvalue weighted by molar-refractivity contribution is 5.40. The summed E-state index contributed by atoms with van der Waals surface area (Å²) < 4.78 is 0. The van der Waals surface area contributed by atoms with E-state index in [1.54, 1.807) is 0 Å². The number of aromatic nitrogens is 2. The number of aryl methyl sites for hydroxylation is 1. The Kier molecular flexibility index (Phi) is 6.05. The Morgan fingerprint density at radius 1 is 1.28 bits per heavy atom. The molecule has 102 valence electrons. The Bertz CT molecular complexity index is 363. The number of anilines is 1. The fourth-order valence-electron chi connectivity index (χ4n) is 1.84. The lowest BCUT2D eigenvalue weighted by molar-refractivity contribution is 0.693. The van der Waals surface area contributed by atoms with Crippen LogP contribution in [0.1, 0.15) is 51.0 Å². The van der Waals surface area contributed by atoms with Crippen molar-refractivity contribution in [1.82, 2.24) is 9.97 Å². The summed E-state index contributed by atoms with van der Waals surface area (Å²) >= 11 is 0. The van der Waals surface area contributed by atoms with Crippen LogP contribution in [0.2, 0.25) is 0 Å². The molecule has 0 fully saturated rings. The minimum absolute atomic E-state index is 0.356. The number of hydrogen-bond acceptors (Lipinski definition) is 4. The van der Waals surface area contributed by atoms with Crippen LogP contribution >= 0.6 is 0 Å². The minimum atomic E-state index is 0.356. The van der Waals surface area contributed by atoms with Crippen LogP contribution in [-0.4, -0.2) is 29.6 Å². The van der Waals surface area contributed by atoms with Gasteiger partial charge >= 0.3 is 0 Å². The highest BCUT2D eigenvalue weighted by Crippen LogP contribution is 2.17. The molecule has 4 heteroatoms. The molecule has 0 unspecified atom stereocenters. The lowest BCUT2D eigenvalue weighted by Gasteiger charge is -2.24. The Balaban J connectivity index is 2.95. The largest absolute Gasteiger partial charge is 0.355 e. The second-order valence-electron chi connectivity index (χ2n) is 5.01. The quantitative estimate of drug-likeness (QED) is 0.807. The molecular formula is C14H26N4. The van der Waals surface area contributed by atoms with E-state index in [0.29, 0.717) is 12.5 Å². The topological polar surface area (TPSA) is 55.0 Å². The predicted molar refractivity (Wildman–Crippen MR) is 77.0 cm³/mol. The van der Waals surface area contributed by atoms with E-state index in [1.807, 2.05) is 6.92 Å². The molecule has 1 aromatic rings. The van der Waals surface area contributed by atoms with Gasteiger partial charge in [-0.15, -0.1) is 0 Å². The van der Waals surface area contributed by atoms with Gasteiger partial charge in [0.1, 0.15) is 11.6 Å². The third kappa shape index (κ3) is 4.26. The molecule has 18 heavy (non-hydrogen) atoms. The van der Waals surface area contributed by atoms with Gasteiger partial charge in [-0.25, -0.2) is 9.97 Å². The fraction of sp³-hybridized carbons (Fsp3) is 0.714. The van der Waals surface area contributed by atoms with Crippen molar-refractivity contribution < 1.29 is 0 Å². The maximum absolute atomic E-state index is 5.69. The molecule has 0 spiro atoms. The Morgan fingerprint density at radius 3 is 2.56 bits per heavy atom. The first-order valence-corrected chi connectivity index (χ1v) is 6.89. The molecule has 2 N–H and O–H groups in total. The highest BCUT2D eigenvalue weighted by Gasteiger charge is 2.11. The van der Waals surface area contributed by atoms with Gasteiger partial charge in [-0.05, 0) is 13.3 Å². The summed E-state index contributed by atoms with van der Waals surface area (Å²) in [4.78, 5) is 11.4. The van der Waals surface area contributed by atoms with Gasteiger partial charge in [0, 0.05) is 37.3 Å². The average Bonchev–Trinajstić information content (AvgIpc) is 2.33. The Hall–Kier alpha value is -1.16. The van der Waals surface area contributed by atoms with E-state index in [0.717, 1.165) is 30.4 Å². The minimum Gasteiger partial charge on any atom is -0.355 e. The van der Waals surface area contributed by atoms with Crippen LogP contribution in [-0.2, 0) is 0 Å². The van der Waals surface area contributed by atoms with Crippen LogP contribution in [0.25, 0.3) is 0 Å². The van der Waals surface area contributed by atoms with Crippen LogP contribution in [0.3, 0.4) is 0 Å². The summed E-state index contributed by atoms with van der Waals surface area (Å²) in [6.07, 6.45) is 2.35. The fourth-order valence-corrected chi connectivity index (χ4v) is 1.84. The first-order chi connectivity index (χ1) is 8.58. The summed E-state index contributed by atoms with van der Waals surface area (Å²) in [6.45, 7) is 11.0. The molecule has 0 saturated heterocycles. The van der Waals surface area contributed by atoms with Crippen LogP contribution in [0.5, 0.6) is 0 Å². The molecule has 0 aliphatic rings. The zero-order valence-corrected chi connectivity index (χ0v) is 12.1. The number of hydrogen-bond donors (Lipinski definition) is 1. The van der Waals surface area contributed by atoms with Crippen molar-refractivity contribution in [2.75, 3.05) is 24.5 Å². The average molecular weight is 250 g/mol. The van der Waals surface area contributed by atoms with Crippen molar-refractivity contribution in [3.63, 3.8) is 0 Å². The number of nitrogens with zero attached hydrogens (tertiary/aromatic N) is 3. The van der Waals surface area contributed by atoms with E-state index in [-0.39, 0.29) is 0 Å². The van der Waals surface area contributed by atoms with Gasteiger partial charge in [-0.1, -0.05) is 27.2 Å². The van der Waals surface area contributed by atoms with Crippen molar-refractivity contribution in [2.24, 2.45) is 5.73 Å². The van der Waals surface area contributed by atoms with Gasteiger partial charge in [0.05, 0.1) is 0 Å². The lowest BCUT2D eigenvalue weighted by Crippen LogP contribution is -2.31. The van der Waals surface area contributed by atoms with Crippen LogP contribution in [0.4, 0.5) is 5.82 Å². The van der Waals surface area contributed by atoms with Crippen LogP contribution in [0.15, 0.2) is 6.07 Å². The number of unbranched alkanes of at least 4 members (excludes halogenated alkanes) is 1. The second kappa shape index (κ2) is 7.31. The molecule has 0 aliphatic carbocycles. The van der Waals surface area contributed by atoms with Gasteiger partial charge in [0.15, 0.2) is 0 Å². The maximum atomic E-state index is 5.69. The Morgan fingerprint density at radius 2 is 2.00 bits per heavy atom. The lowest BCUT2D eigenvalue weighted by atomic mass is 10.2. The molecule has 1 rings (SSSR count). The molecule has 0 aliphatic heterocycles. The summed E-state index contributed by atoms with van der Waals surface area (Å²) in [5.74, 6) is 2.29. The first-order valence-electron chi connectivity index (χ1n) is 6.89. The van der Waals surface area contributed by atoms with Crippen LogP contribution in [0, 0.1) is 6.92 Å². The molecule has 0 saturated carbocycles. The van der Waals surface area contributed by atoms with E-state index in [2.05, 4.69) is 41.7 Å². The number of rotatable bonds is 7. The van der Waals surface area contributed by atoms with Gasteiger partial charge in [0.2, 0.25) is 0 Å². The molecule has 0 radical (unpaired) electrons. The Labute approximate surface area is 111 Å². The first kappa shape index (κ1) is 14.9. The summed E-state index contributed by atoms with van der Waals surface area (Å²) in [7, 11) is 0. The zero-order chi connectivity index (χ0) is 13.5. The predicted octanol–water partition coefficient (Wildman–Crippen LogP) is 2.47. The van der Waals surface area contributed by atoms with Crippen molar-refractivity contribution in [2.45, 2.75) is 46.5 Å². The normalized spacial score (nSPS) is 11.0. The van der Waals surface area contributed by atoms with Crippen molar-refractivity contribution in [1.29, 1.82) is 0 Å². The monoisotopic (exact) mass is 250 g/mol. The van der Waals surface area contributed by atoms with Crippen molar-refractivity contribution in [3.8, 4) is 0 Å². The van der Waals surface area contributed by atoms with E-state index in [9.17, 15) is 0 Å². The summed E-state index contributed by atoms with van der Waals surface area (Å²) in [5, 5.41) is 0. The van der Waals surface area contributed by atoms with E-state index >= 15 is 0 Å². The molecule has 1 aromatic heterocycles. The van der Waals surface area contributed by atoms with E-state index < -0.39 is 0 Å². The highest BCUT2D eigenvalue weighted by atomic mass is 15.2. The van der Waals surface area contributed by atoms with Gasteiger partial charge in [0.25, 0.3) is 0 Å². The van der Waals surface area contributed by atoms with Crippen LogP contribution < -0.4 is 10.6 Å². The molecule has 0 bridgehead atoms. The SMILES string of the molecule is CCCCN(CCN)c1cc(C)nc(C(C)C)n1. The molecule has 1 heterocycles. The third-order valence-corrected chi connectivity index (χ3v) is 2.88. The molecular weight excluding hydrogens is 224 g/mol. The standard InChI is InChI=1S/C14H26N4/c1-5-6-8-18(9-7-15)13-10-12(4)16-14(17-13)11(2)3/h10-11H,5-9,15H2,1-4H3. The van der Waals surface area contributed by atoms with Crippen molar-refractivity contribution >= 4 is 5.82 Å². The van der Waals surface area contributed by atoms with Crippen molar-refractivity contribution in [3.05, 3.63) is 17.6 Å². The molecule has 0 amide bonds.